The molecule has 2 fully saturated rings. The molecule has 3 heterocycles. The smallest absolute Gasteiger partial charge is 0.193 e. The van der Waals surface area contributed by atoms with Gasteiger partial charge in [0.2, 0.25) is 0 Å². The van der Waals surface area contributed by atoms with E-state index in [2.05, 4.69) is 55.6 Å². The number of aryl methyl sites for hydroxylation is 1. The van der Waals surface area contributed by atoms with Crippen molar-refractivity contribution in [2.75, 3.05) is 46.3 Å². The van der Waals surface area contributed by atoms with E-state index in [4.69, 9.17) is 0 Å². The first kappa shape index (κ1) is 19.3. The zero-order chi connectivity index (χ0) is 19.2. The maximum absolute atomic E-state index is 4.55. The van der Waals surface area contributed by atoms with Crippen molar-refractivity contribution in [3.63, 3.8) is 0 Å². The van der Waals surface area contributed by atoms with Crippen molar-refractivity contribution in [2.24, 2.45) is 10.9 Å². The van der Waals surface area contributed by atoms with Crippen LogP contribution in [0.5, 0.6) is 0 Å². The average Bonchev–Trinajstić information content (AvgIpc) is 3.36. The molecule has 5 heteroatoms. The van der Waals surface area contributed by atoms with Crippen LogP contribution < -0.4 is 5.32 Å². The summed E-state index contributed by atoms with van der Waals surface area (Å²) in [6.45, 7) is 7.14. The summed E-state index contributed by atoms with van der Waals surface area (Å²) in [6, 6.07) is 8.56. The summed E-state index contributed by atoms with van der Waals surface area (Å²) >= 11 is 0. The quantitative estimate of drug-likeness (QED) is 0.457. The van der Waals surface area contributed by atoms with E-state index in [1.807, 2.05) is 7.05 Å². The average molecular weight is 382 g/mol. The third kappa shape index (κ3) is 4.69. The van der Waals surface area contributed by atoms with Crippen LogP contribution in [0.25, 0.3) is 10.9 Å². The van der Waals surface area contributed by atoms with E-state index in [-0.39, 0.29) is 0 Å². The molecule has 2 aliphatic rings. The zero-order valence-electron chi connectivity index (χ0n) is 17.3. The number of hydrogen-bond acceptors (Lipinski definition) is 2. The first-order chi connectivity index (χ1) is 13.8. The molecule has 2 aromatic rings. The van der Waals surface area contributed by atoms with Gasteiger partial charge in [-0.1, -0.05) is 24.6 Å². The van der Waals surface area contributed by atoms with E-state index in [9.17, 15) is 0 Å². The number of H-pyrrole nitrogens is 1. The van der Waals surface area contributed by atoms with Crippen molar-refractivity contribution in [1.82, 2.24) is 20.1 Å². The summed E-state index contributed by atoms with van der Waals surface area (Å²) in [6.07, 6.45) is 9.85. The molecular weight excluding hydrogens is 346 g/mol. The lowest BCUT2D eigenvalue weighted by atomic mass is 10.1. The topological polar surface area (TPSA) is 46.7 Å². The maximum Gasteiger partial charge on any atom is 0.193 e. The molecular formula is C23H35N5. The minimum Gasteiger partial charge on any atom is -0.361 e. The SMILES string of the molecule is CN=C(NCCCc1c[nH]c2ccccc12)N1CCC(CN2CCCCC2)C1. The Kier molecular flexibility index (Phi) is 6.53. The van der Waals surface area contributed by atoms with Crippen molar-refractivity contribution in [2.45, 2.75) is 38.5 Å². The zero-order valence-corrected chi connectivity index (χ0v) is 17.3. The van der Waals surface area contributed by atoms with Gasteiger partial charge in [-0.2, -0.15) is 0 Å². The first-order valence-corrected chi connectivity index (χ1v) is 11.1. The van der Waals surface area contributed by atoms with E-state index >= 15 is 0 Å². The second-order valence-electron chi connectivity index (χ2n) is 8.40. The molecule has 0 spiro atoms. The number of guanidine groups is 1. The van der Waals surface area contributed by atoms with E-state index in [1.165, 1.54) is 61.8 Å². The van der Waals surface area contributed by atoms with Crippen molar-refractivity contribution < 1.29 is 0 Å². The lowest BCUT2D eigenvalue weighted by molar-refractivity contribution is 0.198. The second-order valence-corrected chi connectivity index (χ2v) is 8.40. The van der Waals surface area contributed by atoms with Gasteiger partial charge < -0.3 is 20.1 Å². The monoisotopic (exact) mass is 381 g/mol. The van der Waals surface area contributed by atoms with Crippen LogP contribution in [0.4, 0.5) is 0 Å². The van der Waals surface area contributed by atoms with Crippen LogP contribution in [0.15, 0.2) is 35.5 Å². The lowest BCUT2D eigenvalue weighted by Gasteiger charge is -2.29. The van der Waals surface area contributed by atoms with Crippen LogP contribution in [0, 0.1) is 5.92 Å². The Balaban J connectivity index is 1.20. The number of aromatic nitrogens is 1. The molecule has 0 saturated carbocycles. The molecule has 152 valence electrons. The molecule has 5 nitrogen and oxygen atoms in total. The normalized spacial score (nSPS) is 21.5. The molecule has 0 bridgehead atoms. The highest BCUT2D eigenvalue weighted by atomic mass is 15.3. The van der Waals surface area contributed by atoms with E-state index in [0.29, 0.717) is 0 Å². The van der Waals surface area contributed by atoms with Gasteiger partial charge in [0.15, 0.2) is 5.96 Å². The van der Waals surface area contributed by atoms with Crippen LogP contribution in [0.3, 0.4) is 0 Å². The number of likely N-dealkylation sites (tertiary alicyclic amines) is 2. The molecule has 1 aromatic carbocycles. The molecule has 2 aliphatic heterocycles. The fourth-order valence-corrected chi connectivity index (χ4v) is 4.83. The predicted molar refractivity (Wildman–Crippen MR) is 118 cm³/mol. The highest BCUT2D eigenvalue weighted by Gasteiger charge is 2.26. The molecule has 1 unspecified atom stereocenters. The summed E-state index contributed by atoms with van der Waals surface area (Å²) in [5.74, 6) is 1.88. The van der Waals surface area contributed by atoms with Crippen LogP contribution in [-0.4, -0.2) is 67.1 Å². The number of para-hydroxylation sites is 1. The van der Waals surface area contributed by atoms with Crippen molar-refractivity contribution in [1.29, 1.82) is 0 Å². The Morgan fingerprint density at radius 1 is 1.18 bits per heavy atom. The summed E-state index contributed by atoms with van der Waals surface area (Å²) < 4.78 is 0. The molecule has 2 N–H and O–H groups in total. The fraction of sp³-hybridized carbons (Fsp3) is 0.609. The molecule has 2 saturated heterocycles. The maximum atomic E-state index is 4.55. The molecule has 0 aliphatic carbocycles. The van der Waals surface area contributed by atoms with Gasteiger partial charge in [-0.3, -0.25) is 4.99 Å². The Hall–Kier alpha value is -2.01. The number of aliphatic imine (C=N–C) groups is 1. The van der Waals surface area contributed by atoms with E-state index < -0.39 is 0 Å². The van der Waals surface area contributed by atoms with Crippen molar-refractivity contribution in [3.05, 3.63) is 36.0 Å². The number of hydrogen-bond donors (Lipinski definition) is 2. The number of piperidine rings is 1. The highest BCUT2D eigenvalue weighted by molar-refractivity contribution is 5.83. The standard InChI is InChI=1S/C23H35N5/c1-24-23(28-15-11-19(18-28)17-27-13-5-2-6-14-27)25-12-7-8-20-16-26-22-10-4-3-9-21(20)22/h3-4,9-10,16,19,26H,2,5-8,11-15,17-18H2,1H3,(H,24,25). The minimum atomic E-state index is 0.794. The summed E-state index contributed by atoms with van der Waals surface area (Å²) in [5, 5.41) is 4.95. The Labute approximate surface area is 169 Å². The van der Waals surface area contributed by atoms with E-state index in [0.717, 1.165) is 44.4 Å². The number of nitrogens with zero attached hydrogens (tertiary/aromatic N) is 3. The largest absolute Gasteiger partial charge is 0.361 e. The van der Waals surface area contributed by atoms with Crippen LogP contribution in [-0.2, 0) is 6.42 Å². The third-order valence-electron chi connectivity index (χ3n) is 6.34. The van der Waals surface area contributed by atoms with Crippen molar-refractivity contribution >= 4 is 16.9 Å². The highest BCUT2D eigenvalue weighted by Crippen LogP contribution is 2.20. The van der Waals surface area contributed by atoms with Crippen LogP contribution >= 0.6 is 0 Å². The molecule has 28 heavy (non-hydrogen) atoms. The fourth-order valence-electron chi connectivity index (χ4n) is 4.83. The van der Waals surface area contributed by atoms with Crippen LogP contribution in [0.2, 0.25) is 0 Å². The molecule has 0 amide bonds. The Morgan fingerprint density at radius 2 is 2.04 bits per heavy atom. The molecule has 4 rings (SSSR count). The predicted octanol–water partition coefficient (Wildman–Crippen LogP) is 3.48. The van der Waals surface area contributed by atoms with E-state index in [1.54, 1.807) is 0 Å². The number of aromatic amines is 1. The van der Waals surface area contributed by atoms with Gasteiger partial charge in [-0.05, 0) is 62.7 Å². The van der Waals surface area contributed by atoms with Gasteiger partial charge in [-0.25, -0.2) is 0 Å². The van der Waals surface area contributed by atoms with Gasteiger partial charge in [0.05, 0.1) is 0 Å². The lowest BCUT2D eigenvalue weighted by Crippen LogP contribution is -2.41. The summed E-state index contributed by atoms with van der Waals surface area (Å²) in [5.41, 5.74) is 2.65. The number of fused-ring (bicyclic) bond motifs is 1. The summed E-state index contributed by atoms with van der Waals surface area (Å²) in [4.78, 5) is 13.1. The van der Waals surface area contributed by atoms with Gasteiger partial charge in [-0.15, -0.1) is 0 Å². The number of benzene rings is 1. The summed E-state index contributed by atoms with van der Waals surface area (Å²) in [7, 11) is 1.92. The van der Waals surface area contributed by atoms with Gasteiger partial charge in [0, 0.05) is 50.3 Å². The molecule has 1 atom stereocenters. The minimum absolute atomic E-state index is 0.794. The number of rotatable bonds is 6. The number of nitrogens with one attached hydrogen (secondary N) is 2. The van der Waals surface area contributed by atoms with Gasteiger partial charge in [0.25, 0.3) is 0 Å². The Bertz CT molecular complexity index is 774. The second kappa shape index (κ2) is 9.46. The first-order valence-electron chi connectivity index (χ1n) is 11.1. The van der Waals surface area contributed by atoms with Crippen molar-refractivity contribution in [3.8, 4) is 0 Å². The van der Waals surface area contributed by atoms with Gasteiger partial charge in [0.1, 0.15) is 0 Å². The Morgan fingerprint density at radius 3 is 2.89 bits per heavy atom. The molecule has 1 aromatic heterocycles. The third-order valence-corrected chi connectivity index (χ3v) is 6.34. The van der Waals surface area contributed by atoms with Gasteiger partial charge >= 0.3 is 0 Å². The molecule has 0 radical (unpaired) electrons. The van der Waals surface area contributed by atoms with Crippen LogP contribution in [0.1, 0.15) is 37.7 Å².